The smallest absolute Gasteiger partial charge is 0.341 e. The molecule has 0 fully saturated rings. The van der Waals surface area contributed by atoms with Crippen molar-refractivity contribution in [1.29, 1.82) is 0 Å². The zero-order valence-corrected chi connectivity index (χ0v) is 23.0. The van der Waals surface area contributed by atoms with Crippen molar-refractivity contribution in [2.45, 2.75) is 58.8 Å². The number of para-hydroxylation sites is 1. The molecule has 0 aliphatic heterocycles. The van der Waals surface area contributed by atoms with Gasteiger partial charge in [0.25, 0.3) is 0 Å². The highest BCUT2D eigenvalue weighted by Crippen LogP contribution is 2.40. The van der Waals surface area contributed by atoms with Gasteiger partial charge in [0.1, 0.15) is 5.00 Å². The number of thiophene rings is 1. The topological polar surface area (TPSA) is 43.6 Å². The van der Waals surface area contributed by atoms with Gasteiger partial charge in [-0.2, -0.15) is 0 Å². The Morgan fingerprint density at radius 3 is 2.44 bits per heavy atom. The first-order valence-electron chi connectivity index (χ1n) is 12.6. The molecule has 0 radical (unpaired) electrons. The number of hydrogen-bond donors (Lipinski definition) is 0. The molecular weight excluding hydrogens is 484 g/mol. The van der Waals surface area contributed by atoms with Gasteiger partial charge in [-0.1, -0.05) is 63.2 Å². The number of aromatic nitrogens is 1. The number of thiazole rings is 1. The molecule has 186 valence electrons. The average Bonchev–Trinajstić information content (AvgIpc) is 3.45. The van der Waals surface area contributed by atoms with E-state index < -0.39 is 0 Å². The van der Waals surface area contributed by atoms with Gasteiger partial charge < -0.3 is 4.74 Å². The Bertz CT molecular complexity index is 1440. The molecule has 0 bridgehead atoms. The lowest BCUT2D eigenvalue weighted by Crippen LogP contribution is -2.14. The monoisotopic (exact) mass is 516 g/mol. The fraction of sp³-hybridized carbons (Fsp3) is 0.333. The number of hydrogen-bond acceptors (Lipinski definition) is 5. The summed E-state index contributed by atoms with van der Waals surface area (Å²) in [6.45, 7) is 8.91. The van der Waals surface area contributed by atoms with Gasteiger partial charge in [0, 0.05) is 15.9 Å². The van der Waals surface area contributed by atoms with E-state index in [1.807, 2.05) is 25.1 Å². The van der Waals surface area contributed by atoms with E-state index in [1.54, 1.807) is 22.7 Å². The molecule has 1 aliphatic carbocycles. The van der Waals surface area contributed by atoms with Crippen LogP contribution in [0.25, 0.3) is 16.9 Å². The summed E-state index contributed by atoms with van der Waals surface area (Å²) in [7, 11) is 0. The van der Waals surface area contributed by atoms with Gasteiger partial charge in [-0.15, -0.1) is 22.7 Å². The molecule has 4 nitrogen and oxygen atoms in total. The summed E-state index contributed by atoms with van der Waals surface area (Å²) in [6, 6.07) is 19.1. The maximum Gasteiger partial charge on any atom is 0.341 e. The summed E-state index contributed by atoms with van der Waals surface area (Å²) in [5.74, 6) is -0.253. The molecule has 1 aliphatic rings. The van der Waals surface area contributed by atoms with Crippen molar-refractivity contribution >= 4 is 33.6 Å². The Labute approximate surface area is 220 Å². The van der Waals surface area contributed by atoms with Crippen LogP contribution in [-0.2, 0) is 23.0 Å². The van der Waals surface area contributed by atoms with Crippen molar-refractivity contribution in [2.24, 2.45) is 4.99 Å². The molecule has 2 heterocycles. The second kappa shape index (κ2) is 10.2. The van der Waals surface area contributed by atoms with Gasteiger partial charge >= 0.3 is 5.97 Å². The number of carbonyl (C=O) groups is 1. The van der Waals surface area contributed by atoms with Crippen LogP contribution in [0.1, 0.15) is 66.9 Å². The minimum atomic E-state index is -0.253. The van der Waals surface area contributed by atoms with Gasteiger partial charge in [-0.25, -0.2) is 9.79 Å². The first-order valence-corrected chi connectivity index (χ1v) is 14.3. The van der Waals surface area contributed by atoms with Crippen molar-refractivity contribution in [3.63, 3.8) is 0 Å². The van der Waals surface area contributed by atoms with Gasteiger partial charge in [-0.05, 0) is 66.8 Å². The fourth-order valence-electron chi connectivity index (χ4n) is 4.69. The van der Waals surface area contributed by atoms with Crippen LogP contribution in [-0.4, -0.2) is 17.1 Å². The normalized spacial score (nSPS) is 14.1. The summed E-state index contributed by atoms with van der Waals surface area (Å²) >= 11 is 3.25. The van der Waals surface area contributed by atoms with E-state index in [1.165, 1.54) is 10.4 Å². The van der Waals surface area contributed by atoms with Crippen molar-refractivity contribution in [2.75, 3.05) is 6.61 Å². The number of nitrogens with zero attached hydrogens (tertiary/aromatic N) is 2. The third kappa shape index (κ3) is 4.84. The highest BCUT2D eigenvalue weighted by atomic mass is 32.1. The Morgan fingerprint density at radius 1 is 1.03 bits per heavy atom. The van der Waals surface area contributed by atoms with Gasteiger partial charge in [0.05, 0.1) is 17.9 Å². The van der Waals surface area contributed by atoms with E-state index in [0.29, 0.717) is 12.2 Å². The van der Waals surface area contributed by atoms with Gasteiger partial charge in [-0.3, -0.25) is 4.57 Å². The van der Waals surface area contributed by atoms with E-state index in [2.05, 4.69) is 67.1 Å². The number of esters is 1. The van der Waals surface area contributed by atoms with Crippen molar-refractivity contribution in [3.8, 4) is 16.9 Å². The quantitative estimate of drug-likeness (QED) is 0.254. The zero-order chi connectivity index (χ0) is 25.3. The fourth-order valence-corrected chi connectivity index (χ4v) is 6.91. The van der Waals surface area contributed by atoms with Crippen molar-refractivity contribution < 1.29 is 9.53 Å². The largest absolute Gasteiger partial charge is 0.462 e. The Hall–Kier alpha value is -2.96. The summed E-state index contributed by atoms with van der Waals surface area (Å²) < 4.78 is 7.66. The predicted molar refractivity (Wildman–Crippen MR) is 150 cm³/mol. The van der Waals surface area contributed by atoms with Crippen LogP contribution in [0.4, 0.5) is 5.00 Å². The lowest BCUT2D eigenvalue weighted by atomic mass is 9.86. The van der Waals surface area contributed by atoms with Gasteiger partial charge in [0.15, 0.2) is 4.80 Å². The Balaban J connectivity index is 1.69. The van der Waals surface area contributed by atoms with Crippen molar-refractivity contribution in [3.05, 3.63) is 86.3 Å². The van der Waals surface area contributed by atoms with E-state index in [9.17, 15) is 4.79 Å². The number of carbonyl (C=O) groups excluding carboxylic acids is 1. The second-order valence-electron chi connectivity index (χ2n) is 10.1. The summed E-state index contributed by atoms with van der Waals surface area (Å²) in [5.41, 5.74) is 6.49. The van der Waals surface area contributed by atoms with Crippen LogP contribution in [0.15, 0.2) is 65.0 Å². The molecule has 0 amide bonds. The maximum atomic E-state index is 13.0. The van der Waals surface area contributed by atoms with Crippen LogP contribution in [0.3, 0.4) is 0 Å². The van der Waals surface area contributed by atoms with Crippen LogP contribution in [0, 0.1) is 0 Å². The molecule has 5 rings (SSSR count). The number of fused-ring (bicyclic) bond motifs is 1. The van der Waals surface area contributed by atoms with Gasteiger partial charge in [0.2, 0.25) is 0 Å². The van der Waals surface area contributed by atoms with E-state index in [4.69, 9.17) is 9.73 Å². The number of rotatable bonds is 5. The predicted octanol–water partition coefficient (Wildman–Crippen LogP) is 7.85. The van der Waals surface area contributed by atoms with E-state index in [-0.39, 0.29) is 11.4 Å². The minimum absolute atomic E-state index is 0.102. The molecule has 6 heteroatoms. The Morgan fingerprint density at radius 2 is 1.75 bits per heavy atom. The molecule has 0 N–H and O–H groups in total. The van der Waals surface area contributed by atoms with Crippen LogP contribution >= 0.6 is 22.7 Å². The summed E-state index contributed by atoms with van der Waals surface area (Å²) in [5, 5.41) is 2.93. The van der Waals surface area contributed by atoms with E-state index >= 15 is 0 Å². The number of ether oxygens (including phenoxy) is 1. The third-order valence-electron chi connectivity index (χ3n) is 6.60. The number of benzene rings is 2. The highest BCUT2D eigenvalue weighted by Gasteiger charge is 2.26. The molecule has 2 aromatic heterocycles. The summed E-state index contributed by atoms with van der Waals surface area (Å²) in [4.78, 5) is 20.3. The SMILES string of the molecule is CCOC(=O)c1c(/N=c2/scc(-c3ccc(C(C)(C)C)cc3)n2-c2ccccc2)sc2c1CCCC2. The lowest BCUT2D eigenvalue weighted by Gasteiger charge is -2.19. The second-order valence-corrected chi connectivity index (χ2v) is 12.0. The average molecular weight is 517 g/mol. The number of aryl methyl sites for hydroxylation is 1. The van der Waals surface area contributed by atoms with Crippen LogP contribution in [0.5, 0.6) is 0 Å². The first kappa shape index (κ1) is 24.7. The molecule has 36 heavy (non-hydrogen) atoms. The van der Waals surface area contributed by atoms with Crippen LogP contribution in [0.2, 0.25) is 0 Å². The molecule has 0 saturated carbocycles. The minimum Gasteiger partial charge on any atom is -0.462 e. The third-order valence-corrected chi connectivity index (χ3v) is 8.61. The molecule has 4 aromatic rings. The lowest BCUT2D eigenvalue weighted by molar-refractivity contribution is 0.0526. The van der Waals surface area contributed by atoms with Crippen molar-refractivity contribution in [1.82, 2.24) is 4.57 Å². The van der Waals surface area contributed by atoms with E-state index in [0.717, 1.165) is 58.0 Å². The molecule has 0 atom stereocenters. The first-order chi connectivity index (χ1) is 17.4. The molecule has 0 spiro atoms. The maximum absolute atomic E-state index is 13.0. The molecule has 0 unspecified atom stereocenters. The zero-order valence-electron chi connectivity index (χ0n) is 21.3. The standard InChI is InChI=1S/C30H32N2O2S2/c1-5-34-28(33)26-23-13-9-10-14-25(23)36-27(26)31-29-32(22-11-7-6-8-12-22)24(19-35-29)20-15-17-21(18-16-20)30(2,3)4/h6-8,11-12,15-19H,5,9-10,13-14H2,1-4H3/b31-29+. The molecular formula is C30H32N2O2S2. The highest BCUT2D eigenvalue weighted by molar-refractivity contribution is 7.16. The Kier molecular flexibility index (Phi) is 7.00. The van der Waals surface area contributed by atoms with Crippen LogP contribution < -0.4 is 4.80 Å². The molecule has 0 saturated heterocycles. The molecule has 2 aromatic carbocycles. The summed E-state index contributed by atoms with van der Waals surface area (Å²) in [6.07, 6.45) is 4.20.